The molecule has 10 heteroatoms. The molecule has 1 saturated heterocycles. The van der Waals surface area contributed by atoms with Crippen LogP contribution in [-0.4, -0.2) is 86.3 Å². The van der Waals surface area contributed by atoms with Crippen LogP contribution >= 0.6 is 0 Å². The Hall–Kier alpha value is -1.30. The van der Waals surface area contributed by atoms with Gasteiger partial charge in [0.2, 0.25) is 0 Å². The fraction of sp³-hybridized carbons (Fsp3) is 0.882. The van der Waals surface area contributed by atoms with Crippen molar-refractivity contribution in [1.82, 2.24) is 0 Å². The Bertz CT molecular complexity index is 503. The Labute approximate surface area is 157 Å². The Morgan fingerprint density at radius 2 is 1.89 bits per heavy atom. The maximum absolute atomic E-state index is 12.0. The third kappa shape index (κ3) is 5.37. The van der Waals surface area contributed by atoms with Gasteiger partial charge in [0.25, 0.3) is 0 Å². The zero-order valence-electron chi connectivity index (χ0n) is 15.6. The third-order valence-electron chi connectivity index (χ3n) is 5.04. The summed E-state index contributed by atoms with van der Waals surface area (Å²) in [5, 5.41) is 19.8. The SMILES string of the molecule is COC(=O)CO[C@@H]1C(N)C(O[C@H]2CCCC[C@@H]2C(=O)OC)OC(CO)[C@@H]1O. The Morgan fingerprint density at radius 3 is 2.52 bits per heavy atom. The van der Waals surface area contributed by atoms with Crippen molar-refractivity contribution in [2.75, 3.05) is 27.4 Å². The summed E-state index contributed by atoms with van der Waals surface area (Å²) >= 11 is 0. The molecule has 0 radical (unpaired) electrons. The summed E-state index contributed by atoms with van der Waals surface area (Å²) in [7, 11) is 2.54. The normalized spacial score (nSPS) is 36.9. The third-order valence-corrected chi connectivity index (χ3v) is 5.04. The van der Waals surface area contributed by atoms with Crippen LogP contribution in [0.25, 0.3) is 0 Å². The number of hydrogen-bond donors (Lipinski definition) is 3. The Morgan fingerprint density at radius 1 is 1.19 bits per heavy atom. The molecule has 1 aliphatic heterocycles. The van der Waals surface area contributed by atoms with Gasteiger partial charge in [0.1, 0.15) is 24.9 Å². The van der Waals surface area contributed by atoms with E-state index in [4.69, 9.17) is 24.7 Å². The summed E-state index contributed by atoms with van der Waals surface area (Å²) in [5.41, 5.74) is 6.14. The van der Waals surface area contributed by atoms with E-state index in [9.17, 15) is 19.8 Å². The van der Waals surface area contributed by atoms with Crippen molar-refractivity contribution in [3.05, 3.63) is 0 Å². The van der Waals surface area contributed by atoms with E-state index in [1.807, 2.05) is 0 Å². The van der Waals surface area contributed by atoms with Gasteiger partial charge >= 0.3 is 11.9 Å². The first-order valence-corrected chi connectivity index (χ1v) is 9.04. The van der Waals surface area contributed by atoms with Crippen molar-refractivity contribution < 1.29 is 43.5 Å². The minimum absolute atomic E-state index is 0.360. The van der Waals surface area contributed by atoms with Crippen LogP contribution in [0.1, 0.15) is 25.7 Å². The molecule has 1 saturated carbocycles. The zero-order chi connectivity index (χ0) is 20.0. The maximum atomic E-state index is 12.0. The van der Waals surface area contributed by atoms with Crippen LogP contribution in [-0.2, 0) is 33.3 Å². The first-order chi connectivity index (χ1) is 12.9. The predicted octanol–water partition coefficient (Wildman–Crippen LogP) is -1.30. The molecule has 1 aliphatic carbocycles. The monoisotopic (exact) mass is 391 g/mol. The van der Waals surface area contributed by atoms with Crippen molar-refractivity contribution in [3.63, 3.8) is 0 Å². The number of rotatable bonds is 7. The molecule has 0 bridgehead atoms. The standard InChI is InChI=1S/C17H29NO9/c1-23-12(20)8-25-15-13(18)17(27-11(7-19)14(15)21)26-10-6-4-3-5-9(10)16(22)24-2/h9-11,13-15,17,19,21H,3-8,18H2,1-2H3/t9-,10-,11?,13?,14-,15+,17?/m0/s1. The second-order valence-corrected chi connectivity index (χ2v) is 6.73. The average Bonchev–Trinajstić information content (AvgIpc) is 2.69. The molecule has 0 spiro atoms. The van der Waals surface area contributed by atoms with E-state index in [2.05, 4.69) is 4.74 Å². The summed E-state index contributed by atoms with van der Waals surface area (Å²) in [5.74, 6) is -1.42. The topological polar surface area (TPSA) is 147 Å². The number of carbonyl (C=O) groups is 2. The number of hydrogen-bond acceptors (Lipinski definition) is 10. The molecule has 0 amide bonds. The summed E-state index contributed by atoms with van der Waals surface area (Å²) < 4.78 is 26.3. The number of aliphatic hydroxyl groups excluding tert-OH is 2. The molecule has 1 heterocycles. The molecule has 156 valence electrons. The van der Waals surface area contributed by atoms with Gasteiger partial charge in [0, 0.05) is 0 Å². The van der Waals surface area contributed by atoms with Gasteiger partial charge in [-0.05, 0) is 12.8 Å². The number of carbonyl (C=O) groups excluding carboxylic acids is 2. The fourth-order valence-electron chi connectivity index (χ4n) is 3.50. The highest BCUT2D eigenvalue weighted by molar-refractivity contribution is 5.73. The summed E-state index contributed by atoms with van der Waals surface area (Å²) in [6.45, 7) is -0.901. The number of methoxy groups -OCH3 is 2. The molecule has 27 heavy (non-hydrogen) atoms. The molecule has 2 rings (SSSR count). The lowest BCUT2D eigenvalue weighted by molar-refractivity contribution is -0.289. The van der Waals surface area contributed by atoms with Crippen LogP contribution in [0.15, 0.2) is 0 Å². The largest absolute Gasteiger partial charge is 0.469 e. The molecule has 3 unspecified atom stereocenters. The van der Waals surface area contributed by atoms with Gasteiger partial charge in [-0.1, -0.05) is 12.8 Å². The van der Waals surface area contributed by atoms with E-state index in [0.29, 0.717) is 12.8 Å². The van der Waals surface area contributed by atoms with E-state index in [1.54, 1.807) is 0 Å². The van der Waals surface area contributed by atoms with Crippen molar-refractivity contribution in [2.45, 2.75) is 62.4 Å². The molecular weight excluding hydrogens is 362 g/mol. The van der Waals surface area contributed by atoms with Crippen molar-refractivity contribution in [3.8, 4) is 0 Å². The Balaban J connectivity index is 2.09. The van der Waals surface area contributed by atoms with Gasteiger partial charge in [-0.2, -0.15) is 0 Å². The van der Waals surface area contributed by atoms with Crippen LogP contribution in [0.5, 0.6) is 0 Å². The van der Waals surface area contributed by atoms with Gasteiger partial charge in [-0.15, -0.1) is 0 Å². The number of nitrogens with two attached hydrogens (primary N) is 1. The Kier molecular flexibility index (Phi) is 8.39. The van der Waals surface area contributed by atoms with Crippen molar-refractivity contribution in [2.24, 2.45) is 11.7 Å². The van der Waals surface area contributed by atoms with Crippen molar-refractivity contribution >= 4 is 11.9 Å². The van der Waals surface area contributed by atoms with Crippen LogP contribution in [0, 0.1) is 5.92 Å². The zero-order valence-corrected chi connectivity index (χ0v) is 15.6. The second kappa shape index (κ2) is 10.3. The van der Waals surface area contributed by atoms with Crippen molar-refractivity contribution in [1.29, 1.82) is 0 Å². The molecule has 0 aromatic rings. The number of ether oxygens (including phenoxy) is 5. The number of aliphatic hydroxyl groups is 2. The highest BCUT2D eigenvalue weighted by Gasteiger charge is 2.47. The summed E-state index contributed by atoms with van der Waals surface area (Å²) in [6, 6.07) is -0.937. The van der Waals surface area contributed by atoms with Gasteiger partial charge in [0.15, 0.2) is 6.29 Å². The molecule has 7 atom stereocenters. The van der Waals surface area contributed by atoms with E-state index in [0.717, 1.165) is 12.8 Å². The minimum Gasteiger partial charge on any atom is -0.469 e. The smallest absolute Gasteiger partial charge is 0.331 e. The van der Waals surface area contributed by atoms with Gasteiger partial charge < -0.3 is 39.6 Å². The van der Waals surface area contributed by atoms with E-state index >= 15 is 0 Å². The first kappa shape index (κ1) is 22.0. The predicted molar refractivity (Wildman–Crippen MR) is 90.3 cm³/mol. The molecule has 2 aliphatic rings. The molecule has 0 aromatic carbocycles. The van der Waals surface area contributed by atoms with Crippen LogP contribution in [0.3, 0.4) is 0 Å². The summed E-state index contributed by atoms with van der Waals surface area (Å²) in [6.07, 6.45) is -1.72. The first-order valence-electron chi connectivity index (χ1n) is 9.04. The van der Waals surface area contributed by atoms with Crippen LogP contribution in [0.2, 0.25) is 0 Å². The van der Waals surface area contributed by atoms with Gasteiger partial charge in [0.05, 0.1) is 38.9 Å². The lowest BCUT2D eigenvalue weighted by atomic mass is 9.86. The van der Waals surface area contributed by atoms with E-state index in [1.165, 1.54) is 14.2 Å². The van der Waals surface area contributed by atoms with Crippen LogP contribution < -0.4 is 5.73 Å². The van der Waals surface area contributed by atoms with Gasteiger partial charge in [-0.3, -0.25) is 4.79 Å². The van der Waals surface area contributed by atoms with Gasteiger partial charge in [-0.25, -0.2) is 4.79 Å². The molecule has 0 aromatic heterocycles. The lowest BCUT2D eigenvalue weighted by Crippen LogP contribution is -2.64. The van der Waals surface area contributed by atoms with Crippen LogP contribution in [0.4, 0.5) is 0 Å². The molecule has 2 fully saturated rings. The lowest BCUT2D eigenvalue weighted by Gasteiger charge is -2.44. The quantitative estimate of drug-likeness (QED) is 0.447. The number of esters is 2. The average molecular weight is 391 g/mol. The highest BCUT2D eigenvalue weighted by Crippen LogP contribution is 2.32. The van der Waals surface area contributed by atoms with E-state index < -0.39 is 61.8 Å². The fourth-order valence-corrected chi connectivity index (χ4v) is 3.50. The summed E-state index contributed by atoms with van der Waals surface area (Å²) in [4.78, 5) is 23.4. The molecule has 10 nitrogen and oxygen atoms in total. The highest BCUT2D eigenvalue weighted by atomic mass is 16.7. The maximum Gasteiger partial charge on any atom is 0.331 e. The second-order valence-electron chi connectivity index (χ2n) is 6.73. The molecule has 4 N–H and O–H groups in total. The minimum atomic E-state index is -1.25. The van der Waals surface area contributed by atoms with E-state index in [-0.39, 0.29) is 5.97 Å². The molecular formula is C17H29NO9.